The second-order valence-electron chi connectivity index (χ2n) is 6.21. The van der Waals surface area contributed by atoms with Crippen molar-refractivity contribution in [3.05, 3.63) is 35.1 Å². The molecule has 0 unspecified atom stereocenters. The lowest BCUT2D eigenvalue weighted by Gasteiger charge is -2.25. The zero-order chi connectivity index (χ0) is 18.6. The molecule has 1 aromatic carbocycles. The Hall–Kier alpha value is -2.05. The van der Waals surface area contributed by atoms with Gasteiger partial charge < -0.3 is 9.80 Å². The van der Waals surface area contributed by atoms with E-state index in [0.29, 0.717) is 26.1 Å². The van der Waals surface area contributed by atoms with Gasteiger partial charge in [0.15, 0.2) is 17.5 Å². The molecular formula is C18H23F3N2O2. The first-order valence-corrected chi connectivity index (χ1v) is 8.62. The molecule has 1 aromatic rings. The normalized spacial score (nSPS) is 15.4. The molecule has 1 fully saturated rings. The summed E-state index contributed by atoms with van der Waals surface area (Å²) < 4.78 is 40.2. The van der Waals surface area contributed by atoms with Crippen LogP contribution in [0.1, 0.15) is 43.5 Å². The van der Waals surface area contributed by atoms with Crippen molar-refractivity contribution >= 4 is 11.8 Å². The number of carbonyl (C=O) groups is 2. The molecule has 0 aliphatic carbocycles. The van der Waals surface area contributed by atoms with Crippen molar-refractivity contribution in [3.8, 4) is 0 Å². The summed E-state index contributed by atoms with van der Waals surface area (Å²) in [6, 6.07) is 1.69. The largest absolute Gasteiger partial charge is 0.341 e. The molecule has 2 rings (SSSR count). The standard InChI is InChI=1S/C18H23F3N2O2/c1-3-12(4-2)17(24)22-8-5-9-23(11-10-22)18(25)13-6-7-14(19)16(21)15(13)20/h6-7,12H,3-5,8-11H2,1-2H3. The monoisotopic (exact) mass is 356 g/mol. The van der Waals surface area contributed by atoms with Crippen LogP contribution in [0.3, 0.4) is 0 Å². The van der Waals surface area contributed by atoms with Gasteiger partial charge >= 0.3 is 0 Å². The molecule has 4 nitrogen and oxygen atoms in total. The zero-order valence-corrected chi connectivity index (χ0v) is 14.5. The van der Waals surface area contributed by atoms with Crippen molar-refractivity contribution in [1.82, 2.24) is 9.80 Å². The highest BCUT2D eigenvalue weighted by molar-refractivity contribution is 5.94. The minimum absolute atomic E-state index is 0.0362. The summed E-state index contributed by atoms with van der Waals surface area (Å²) >= 11 is 0. The fourth-order valence-corrected chi connectivity index (χ4v) is 3.10. The minimum atomic E-state index is -1.65. The van der Waals surface area contributed by atoms with E-state index in [4.69, 9.17) is 0 Å². The van der Waals surface area contributed by atoms with Gasteiger partial charge in [-0.3, -0.25) is 9.59 Å². The summed E-state index contributed by atoms with van der Waals surface area (Å²) in [5.41, 5.74) is -0.487. The molecule has 0 aromatic heterocycles. The maximum atomic E-state index is 13.8. The van der Waals surface area contributed by atoms with Crippen LogP contribution in [0.15, 0.2) is 12.1 Å². The molecule has 1 saturated heterocycles. The van der Waals surface area contributed by atoms with E-state index >= 15 is 0 Å². The summed E-state index contributed by atoms with van der Waals surface area (Å²) in [6.07, 6.45) is 2.08. The number of nitrogens with zero attached hydrogens (tertiary/aromatic N) is 2. The average molecular weight is 356 g/mol. The van der Waals surface area contributed by atoms with E-state index in [1.165, 1.54) is 4.90 Å². The first kappa shape index (κ1) is 19.3. The van der Waals surface area contributed by atoms with Crippen LogP contribution >= 0.6 is 0 Å². The fourth-order valence-electron chi connectivity index (χ4n) is 3.10. The van der Waals surface area contributed by atoms with Gasteiger partial charge in [0.25, 0.3) is 5.91 Å². The van der Waals surface area contributed by atoms with Crippen molar-refractivity contribution in [1.29, 1.82) is 0 Å². The van der Waals surface area contributed by atoms with Gasteiger partial charge in [-0.15, -0.1) is 0 Å². The summed E-state index contributed by atoms with van der Waals surface area (Å²) in [5.74, 6) is -5.10. The highest BCUT2D eigenvalue weighted by atomic mass is 19.2. The van der Waals surface area contributed by atoms with Gasteiger partial charge in [-0.05, 0) is 31.4 Å². The van der Waals surface area contributed by atoms with E-state index in [2.05, 4.69) is 0 Å². The molecule has 7 heteroatoms. The predicted octanol–water partition coefficient (Wildman–Crippen LogP) is 3.21. The number of benzene rings is 1. The van der Waals surface area contributed by atoms with E-state index in [-0.39, 0.29) is 18.4 Å². The van der Waals surface area contributed by atoms with E-state index in [1.807, 2.05) is 13.8 Å². The second kappa shape index (κ2) is 8.36. The van der Waals surface area contributed by atoms with Crippen molar-refractivity contribution < 1.29 is 22.8 Å². The number of carbonyl (C=O) groups excluding carboxylic acids is 2. The lowest BCUT2D eigenvalue weighted by Crippen LogP contribution is -2.40. The number of halogens is 3. The Morgan fingerprint density at radius 1 is 0.960 bits per heavy atom. The van der Waals surface area contributed by atoms with Crippen LogP contribution in [0.4, 0.5) is 13.2 Å². The van der Waals surface area contributed by atoms with Gasteiger partial charge in [-0.1, -0.05) is 13.8 Å². The smallest absolute Gasteiger partial charge is 0.257 e. The van der Waals surface area contributed by atoms with Crippen LogP contribution in [0.5, 0.6) is 0 Å². The molecule has 0 saturated carbocycles. The maximum Gasteiger partial charge on any atom is 0.257 e. The molecule has 1 aliphatic heterocycles. The molecule has 1 heterocycles. The molecule has 138 valence electrons. The average Bonchev–Trinajstić information content (AvgIpc) is 2.86. The van der Waals surface area contributed by atoms with Crippen molar-refractivity contribution in [3.63, 3.8) is 0 Å². The molecule has 0 N–H and O–H groups in total. The number of hydrogen-bond donors (Lipinski definition) is 0. The Kier molecular flexibility index (Phi) is 6.45. The third kappa shape index (κ3) is 4.14. The van der Waals surface area contributed by atoms with E-state index in [0.717, 1.165) is 25.0 Å². The van der Waals surface area contributed by atoms with Gasteiger partial charge in [-0.25, -0.2) is 13.2 Å². The van der Waals surface area contributed by atoms with Gasteiger partial charge in [0.2, 0.25) is 5.91 Å². The molecule has 0 bridgehead atoms. The predicted molar refractivity (Wildman–Crippen MR) is 87.5 cm³/mol. The Balaban J connectivity index is 2.09. The molecular weight excluding hydrogens is 333 g/mol. The van der Waals surface area contributed by atoms with Crippen LogP contribution in [-0.4, -0.2) is 47.8 Å². The molecule has 2 amide bonds. The van der Waals surface area contributed by atoms with Crippen molar-refractivity contribution in [2.75, 3.05) is 26.2 Å². The Labute approximate surface area is 145 Å². The second-order valence-corrected chi connectivity index (χ2v) is 6.21. The topological polar surface area (TPSA) is 40.6 Å². The summed E-state index contributed by atoms with van der Waals surface area (Å²) in [4.78, 5) is 28.0. The Bertz CT molecular complexity index is 647. The van der Waals surface area contributed by atoms with E-state index < -0.39 is 28.9 Å². The third-order valence-electron chi connectivity index (χ3n) is 4.70. The molecule has 0 atom stereocenters. The molecule has 0 radical (unpaired) electrons. The highest BCUT2D eigenvalue weighted by Gasteiger charge is 2.28. The highest BCUT2D eigenvalue weighted by Crippen LogP contribution is 2.19. The van der Waals surface area contributed by atoms with Crippen LogP contribution in [0.25, 0.3) is 0 Å². The van der Waals surface area contributed by atoms with Gasteiger partial charge in [0, 0.05) is 32.1 Å². The van der Waals surface area contributed by atoms with Crippen LogP contribution in [0.2, 0.25) is 0 Å². The first-order chi connectivity index (χ1) is 11.9. The van der Waals surface area contributed by atoms with Crippen LogP contribution in [0, 0.1) is 23.4 Å². The van der Waals surface area contributed by atoms with Crippen LogP contribution < -0.4 is 0 Å². The van der Waals surface area contributed by atoms with Gasteiger partial charge in [0.05, 0.1) is 5.56 Å². The Morgan fingerprint density at radius 3 is 2.20 bits per heavy atom. The minimum Gasteiger partial charge on any atom is -0.341 e. The number of rotatable bonds is 4. The van der Waals surface area contributed by atoms with Crippen molar-refractivity contribution in [2.24, 2.45) is 5.92 Å². The molecule has 0 spiro atoms. The summed E-state index contributed by atoms with van der Waals surface area (Å²) in [5, 5.41) is 0. The van der Waals surface area contributed by atoms with Crippen molar-refractivity contribution in [2.45, 2.75) is 33.1 Å². The van der Waals surface area contributed by atoms with Crippen LogP contribution in [-0.2, 0) is 4.79 Å². The lowest BCUT2D eigenvalue weighted by molar-refractivity contribution is -0.135. The molecule has 25 heavy (non-hydrogen) atoms. The summed E-state index contributed by atoms with van der Waals surface area (Å²) in [7, 11) is 0. The molecule has 1 aliphatic rings. The maximum absolute atomic E-state index is 13.8. The quantitative estimate of drug-likeness (QED) is 0.778. The van der Waals surface area contributed by atoms with Gasteiger partial charge in [0.1, 0.15) is 0 Å². The third-order valence-corrected chi connectivity index (χ3v) is 4.70. The Morgan fingerprint density at radius 2 is 1.56 bits per heavy atom. The van der Waals surface area contributed by atoms with E-state index in [9.17, 15) is 22.8 Å². The fraction of sp³-hybridized carbons (Fsp3) is 0.556. The number of hydrogen-bond acceptors (Lipinski definition) is 2. The lowest BCUT2D eigenvalue weighted by atomic mass is 10.0. The summed E-state index contributed by atoms with van der Waals surface area (Å²) in [6.45, 7) is 5.38. The number of amides is 2. The van der Waals surface area contributed by atoms with E-state index in [1.54, 1.807) is 4.90 Å². The van der Waals surface area contributed by atoms with Gasteiger partial charge in [-0.2, -0.15) is 0 Å². The first-order valence-electron chi connectivity index (χ1n) is 8.62. The zero-order valence-electron chi connectivity index (χ0n) is 14.5. The SMILES string of the molecule is CCC(CC)C(=O)N1CCCN(C(=O)c2ccc(F)c(F)c2F)CC1.